The number of aromatic nitrogens is 2. The number of alkyl halides is 1. The second-order valence-electron chi connectivity index (χ2n) is 3.67. The molecule has 0 N–H and O–H groups in total. The van der Waals surface area contributed by atoms with Crippen LogP contribution >= 0.6 is 27.5 Å². The van der Waals surface area contributed by atoms with E-state index in [0.717, 1.165) is 22.2 Å². The first-order valence-corrected chi connectivity index (χ1v) is 6.64. The fraction of sp³-hybridized carbons (Fsp3) is 0.250. The molecular formula is C12H12BrClN2O. The Morgan fingerprint density at radius 3 is 2.94 bits per heavy atom. The van der Waals surface area contributed by atoms with Gasteiger partial charge in [0.1, 0.15) is 12.4 Å². The Morgan fingerprint density at radius 2 is 2.29 bits per heavy atom. The number of para-hydroxylation sites is 1. The summed E-state index contributed by atoms with van der Waals surface area (Å²) in [4.78, 5) is 0. The van der Waals surface area contributed by atoms with Crippen LogP contribution < -0.4 is 4.74 Å². The molecule has 5 heteroatoms. The Balaban J connectivity index is 2.13. The fourth-order valence-corrected chi connectivity index (χ4v) is 2.21. The molecule has 0 aliphatic rings. The molecule has 1 aromatic heterocycles. The minimum Gasteiger partial charge on any atom is -0.487 e. The van der Waals surface area contributed by atoms with E-state index < -0.39 is 0 Å². The summed E-state index contributed by atoms with van der Waals surface area (Å²) in [5.74, 6) is 0.731. The Bertz CT molecular complexity index is 513. The van der Waals surface area contributed by atoms with Crippen molar-refractivity contribution in [2.24, 2.45) is 7.05 Å². The molecule has 0 saturated heterocycles. The highest BCUT2D eigenvalue weighted by molar-refractivity contribution is 9.08. The van der Waals surface area contributed by atoms with E-state index in [2.05, 4.69) is 21.0 Å². The quantitative estimate of drug-likeness (QED) is 0.807. The molecule has 0 saturated carbocycles. The lowest BCUT2D eigenvalue weighted by atomic mass is 10.2. The van der Waals surface area contributed by atoms with Crippen LogP contribution in [0.2, 0.25) is 5.02 Å². The molecule has 0 spiro atoms. The summed E-state index contributed by atoms with van der Waals surface area (Å²) < 4.78 is 7.49. The van der Waals surface area contributed by atoms with Crippen molar-refractivity contribution in [3.63, 3.8) is 0 Å². The minimum absolute atomic E-state index is 0.470. The summed E-state index contributed by atoms with van der Waals surface area (Å²) >= 11 is 9.53. The molecule has 2 rings (SSSR count). The zero-order valence-electron chi connectivity index (χ0n) is 9.36. The number of ether oxygens (including phenoxy) is 1. The number of hydrogen-bond donors (Lipinski definition) is 0. The predicted molar refractivity (Wildman–Crippen MR) is 71.6 cm³/mol. The SMILES string of the molecule is Cn1cc(COc2c(Cl)cccc2CBr)cn1. The molecule has 0 amide bonds. The van der Waals surface area contributed by atoms with Gasteiger partial charge in [-0.1, -0.05) is 39.7 Å². The first kappa shape index (κ1) is 12.5. The fourth-order valence-electron chi connectivity index (χ4n) is 1.52. The number of benzene rings is 1. The van der Waals surface area contributed by atoms with E-state index in [9.17, 15) is 0 Å². The predicted octanol–water partition coefficient (Wildman–Crippen LogP) is 3.55. The van der Waals surface area contributed by atoms with Crippen LogP contribution in [0.3, 0.4) is 0 Å². The summed E-state index contributed by atoms with van der Waals surface area (Å²) in [5, 5.41) is 5.44. The van der Waals surface area contributed by atoms with Gasteiger partial charge in [-0.2, -0.15) is 5.10 Å². The second-order valence-corrected chi connectivity index (χ2v) is 4.64. The van der Waals surface area contributed by atoms with Gasteiger partial charge in [0.25, 0.3) is 0 Å². The van der Waals surface area contributed by atoms with Crippen LogP contribution in [0.1, 0.15) is 11.1 Å². The van der Waals surface area contributed by atoms with Crippen LogP contribution in [0.5, 0.6) is 5.75 Å². The summed E-state index contributed by atoms with van der Waals surface area (Å²) in [6.07, 6.45) is 3.70. The second kappa shape index (κ2) is 5.56. The Labute approximate surface area is 113 Å². The molecule has 3 nitrogen and oxygen atoms in total. The minimum atomic E-state index is 0.470. The van der Waals surface area contributed by atoms with Gasteiger partial charge in [0.05, 0.1) is 11.2 Å². The maximum Gasteiger partial charge on any atom is 0.142 e. The third-order valence-corrected chi connectivity index (χ3v) is 3.24. The number of rotatable bonds is 4. The van der Waals surface area contributed by atoms with Gasteiger partial charge in [0, 0.05) is 29.7 Å². The van der Waals surface area contributed by atoms with Gasteiger partial charge in [0.2, 0.25) is 0 Å². The van der Waals surface area contributed by atoms with Crippen LogP contribution in [-0.4, -0.2) is 9.78 Å². The zero-order chi connectivity index (χ0) is 12.3. The van der Waals surface area contributed by atoms with Gasteiger partial charge < -0.3 is 4.74 Å². The normalized spacial score (nSPS) is 10.5. The Hall–Kier alpha value is -1.00. The third kappa shape index (κ3) is 3.01. The van der Waals surface area contributed by atoms with E-state index in [-0.39, 0.29) is 0 Å². The van der Waals surface area contributed by atoms with E-state index >= 15 is 0 Å². The molecule has 0 radical (unpaired) electrons. The van der Waals surface area contributed by atoms with Crippen LogP contribution in [0.4, 0.5) is 0 Å². The van der Waals surface area contributed by atoms with Crippen molar-refractivity contribution in [3.05, 3.63) is 46.7 Å². The van der Waals surface area contributed by atoms with Gasteiger partial charge in [-0.15, -0.1) is 0 Å². The van der Waals surface area contributed by atoms with Gasteiger partial charge in [-0.3, -0.25) is 4.68 Å². The van der Waals surface area contributed by atoms with Crippen molar-refractivity contribution in [1.29, 1.82) is 0 Å². The van der Waals surface area contributed by atoms with Gasteiger partial charge in [-0.25, -0.2) is 0 Å². The summed E-state index contributed by atoms with van der Waals surface area (Å²) in [6, 6.07) is 5.72. The lowest BCUT2D eigenvalue weighted by Crippen LogP contribution is -1.97. The van der Waals surface area contributed by atoms with Crippen molar-refractivity contribution in [2.75, 3.05) is 0 Å². The van der Waals surface area contributed by atoms with Crippen LogP contribution in [-0.2, 0) is 19.0 Å². The lowest BCUT2D eigenvalue weighted by molar-refractivity contribution is 0.304. The Morgan fingerprint density at radius 1 is 1.47 bits per heavy atom. The van der Waals surface area contributed by atoms with E-state index in [1.165, 1.54) is 0 Å². The molecule has 17 heavy (non-hydrogen) atoms. The average Bonchev–Trinajstić information content (AvgIpc) is 2.73. The topological polar surface area (TPSA) is 27.1 Å². The van der Waals surface area contributed by atoms with E-state index in [1.807, 2.05) is 31.4 Å². The molecule has 0 bridgehead atoms. The van der Waals surface area contributed by atoms with Gasteiger partial charge in [0.15, 0.2) is 0 Å². The summed E-state index contributed by atoms with van der Waals surface area (Å²) in [6.45, 7) is 0.470. The molecule has 2 aromatic rings. The maximum atomic E-state index is 6.11. The molecule has 0 fully saturated rings. The maximum absolute atomic E-state index is 6.11. The zero-order valence-corrected chi connectivity index (χ0v) is 11.7. The molecule has 0 aliphatic heterocycles. The van der Waals surface area contributed by atoms with Crippen molar-refractivity contribution in [2.45, 2.75) is 11.9 Å². The van der Waals surface area contributed by atoms with Crippen molar-refractivity contribution in [1.82, 2.24) is 9.78 Å². The highest BCUT2D eigenvalue weighted by atomic mass is 79.9. The van der Waals surface area contributed by atoms with Crippen molar-refractivity contribution in [3.8, 4) is 5.75 Å². The Kier molecular flexibility index (Phi) is 4.07. The highest BCUT2D eigenvalue weighted by Gasteiger charge is 2.08. The number of aryl methyl sites for hydroxylation is 1. The van der Waals surface area contributed by atoms with Gasteiger partial charge >= 0.3 is 0 Å². The summed E-state index contributed by atoms with van der Waals surface area (Å²) in [5.41, 5.74) is 2.06. The molecule has 1 aromatic carbocycles. The monoisotopic (exact) mass is 314 g/mol. The first-order valence-electron chi connectivity index (χ1n) is 5.14. The molecule has 0 atom stereocenters. The smallest absolute Gasteiger partial charge is 0.142 e. The van der Waals surface area contributed by atoms with E-state index in [4.69, 9.17) is 16.3 Å². The first-order chi connectivity index (χ1) is 8.20. The lowest BCUT2D eigenvalue weighted by Gasteiger charge is -2.10. The molecule has 1 heterocycles. The van der Waals surface area contributed by atoms with E-state index in [1.54, 1.807) is 10.9 Å². The highest BCUT2D eigenvalue weighted by Crippen LogP contribution is 2.30. The van der Waals surface area contributed by atoms with Crippen molar-refractivity contribution < 1.29 is 4.74 Å². The van der Waals surface area contributed by atoms with E-state index in [0.29, 0.717) is 11.6 Å². The number of nitrogens with zero attached hydrogens (tertiary/aromatic N) is 2. The van der Waals surface area contributed by atoms with Crippen LogP contribution in [0.25, 0.3) is 0 Å². The average molecular weight is 316 g/mol. The number of hydrogen-bond acceptors (Lipinski definition) is 2. The van der Waals surface area contributed by atoms with Crippen LogP contribution in [0, 0.1) is 0 Å². The molecule has 0 unspecified atom stereocenters. The standard InChI is InChI=1S/C12H12BrClN2O/c1-16-7-9(6-15-16)8-17-12-10(5-13)3-2-4-11(12)14/h2-4,6-7H,5,8H2,1H3. The molecular weight excluding hydrogens is 304 g/mol. The van der Waals surface area contributed by atoms with Gasteiger partial charge in [-0.05, 0) is 6.07 Å². The van der Waals surface area contributed by atoms with Crippen molar-refractivity contribution >= 4 is 27.5 Å². The number of halogens is 2. The molecule has 90 valence electrons. The van der Waals surface area contributed by atoms with Crippen LogP contribution in [0.15, 0.2) is 30.6 Å². The summed E-state index contributed by atoms with van der Waals surface area (Å²) in [7, 11) is 1.88. The largest absolute Gasteiger partial charge is 0.487 e. The third-order valence-electron chi connectivity index (χ3n) is 2.33. The molecule has 0 aliphatic carbocycles.